The van der Waals surface area contributed by atoms with Gasteiger partial charge < -0.3 is 10.6 Å². The zero-order chi connectivity index (χ0) is 14.1. The van der Waals surface area contributed by atoms with Crippen molar-refractivity contribution in [3.8, 4) is 0 Å². The second-order valence-electron chi connectivity index (χ2n) is 4.64. The maximum atomic E-state index is 12.5. The van der Waals surface area contributed by atoms with E-state index < -0.39 is 0 Å². The van der Waals surface area contributed by atoms with Gasteiger partial charge in [0, 0.05) is 18.0 Å². The number of amides is 1. The second-order valence-corrected chi connectivity index (χ2v) is 6.95. The quantitative estimate of drug-likeness (QED) is 0.839. The van der Waals surface area contributed by atoms with Crippen LogP contribution in [-0.4, -0.2) is 37.8 Å². The molecule has 0 radical (unpaired) electrons. The summed E-state index contributed by atoms with van der Waals surface area (Å²) < 4.78 is 0. The summed E-state index contributed by atoms with van der Waals surface area (Å²) in [6, 6.07) is 2.10. The Morgan fingerprint density at radius 2 is 2.50 bits per heavy atom. The summed E-state index contributed by atoms with van der Waals surface area (Å²) in [6.45, 7) is 3.37. The lowest BCUT2D eigenvalue weighted by Gasteiger charge is -2.28. The zero-order valence-electron chi connectivity index (χ0n) is 11.0. The highest BCUT2D eigenvalue weighted by Gasteiger charge is 2.26. The molecule has 1 aliphatic rings. The number of hydrogen-bond donors (Lipinski definition) is 2. The van der Waals surface area contributed by atoms with Gasteiger partial charge >= 0.3 is 0 Å². The Labute approximate surface area is 124 Å². The topological polar surface area (TPSA) is 87.9 Å². The van der Waals surface area contributed by atoms with Crippen LogP contribution < -0.4 is 5.73 Å². The maximum absolute atomic E-state index is 12.5. The molecule has 20 heavy (non-hydrogen) atoms. The highest BCUT2D eigenvalue weighted by Crippen LogP contribution is 2.27. The number of carbonyl (C=O) groups excluding carboxylic acids is 1. The monoisotopic (exact) mass is 309 g/mol. The van der Waals surface area contributed by atoms with Crippen LogP contribution in [0.4, 0.5) is 5.95 Å². The fourth-order valence-electron chi connectivity index (χ4n) is 2.21. The van der Waals surface area contributed by atoms with Crippen molar-refractivity contribution in [1.82, 2.24) is 20.1 Å². The van der Waals surface area contributed by atoms with Crippen molar-refractivity contribution in [2.45, 2.75) is 30.3 Å². The Hall–Kier alpha value is -1.54. The van der Waals surface area contributed by atoms with Crippen molar-refractivity contribution in [2.75, 3.05) is 12.3 Å². The lowest BCUT2D eigenvalue weighted by Crippen LogP contribution is -2.39. The number of thiophene rings is 1. The van der Waals surface area contributed by atoms with E-state index in [1.54, 1.807) is 11.3 Å². The second kappa shape index (κ2) is 5.45. The normalized spacial score (nSPS) is 15.9. The Bertz CT molecular complexity index is 623. The molecule has 0 unspecified atom stereocenters. The number of fused-ring (bicyclic) bond motifs is 1. The lowest BCUT2D eigenvalue weighted by atomic mass is 10.1. The summed E-state index contributed by atoms with van der Waals surface area (Å²) in [5.41, 5.74) is 6.75. The third kappa shape index (κ3) is 2.66. The van der Waals surface area contributed by atoms with Gasteiger partial charge in [-0.2, -0.15) is 4.98 Å². The van der Waals surface area contributed by atoms with Gasteiger partial charge in [0.15, 0.2) is 0 Å². The van der Waals surface area contributed by atoms with Crippen LogP contribution in [0, 0.1) is 0 Å². The molecule has 106 valence electrons. The first kappa shape index (κ1) is 13.4. The van der Waals surface area contributed by atoms with E-state index in [1.807, 2.05) is 11.8 Å². The fraction of sp³-hybridized carbons (Fsp3) is 0.417. The van der Waals surface area contributed by atoms with Crippen LogP contribution in [0.15, 0.2) is 16.6 Å². The molecule has 0 spiro atoms. The van der Waals surface area contributed by atoms with Gasteiger partial charge in [0.25, 0.3) is 0 Å². The first-order valence-electron chi connectivity index (χ1n) is 6.32. The molecule has 3 N–H and O–H groups in total. The molecule has 0 aliphatic carbocycles. The van der Waals surface area contributed by atoms with Gasteiger partial charge in [-0.15, -0.1) is 16.4 Å². The third-order valence-corrected chi connectivity index (χ3v) is 5.20. The highest BCUT2D eigenvalue weighted by atomic mass is 32.2. The molecule has 0 fully saturated rings. The van der Waals surface area contributed by atoms with Crippen LogP contribution in [0.25, 0.3) is 0 Å². The number of hydrogen-bond acceptors (Lipinski definition) is 6. The molecular formula is C12H15N5OS2. The first-order valence-corrected chi connectivity index (χ1v) is 8.08. The molecule has 2 aromatic heterocycles. The zero-order valence-corrected chi connectivity index (χ0v) is 12.6. The minimum Gasteiger partial charge on any atom is -0.368 e. The number of nitrogens with one attached hydrogen (secondary N) is 1. The molecule has 0 aromatic carbocycles. The summed E-state index contributed by atoms with van der Waals surface area (Å²) in [4.78, 5) is 19.8. The molecule has 6 nitrogen and oxygen atoms in total. The van der Waals surface area contributed by atoms with E-state index in [4.69, 9.17) is 5.73 Å². The summed E-state index contributed by atoms with van der Waals surface area (Å²) in [5.74, 6) is 0.392. The number of carbonyl (C=O) groups is 1. The number of aromatic amines is 1. The Morgan fingerprint density at radius 3 is 3.25 bits per heavy atom. The molecule has 1 amide bonds. The van der Waals surface area contributed by atoms with E-state index in [0.717, 1.165) is 13.0 Å². The van der Waals surface area contributed by atoms with Gasteiger partial charge in [0.2, 0.25) is 17.0 Å². The summed E-state index contributed by atoms with van der Waals surface area (Å²) in [5, 5.41) is 8.90. The van der Waals surface area contributed by atoms with Crippen molar-refractivity contribution in [3.63, 3.8) is 0 Å². The fourth-order valence-corrected chi connectivity index (χ4v) is 3.92. The highest BCUT2D eigenvalue weighted by molar-refractivity contribution is 8.00. The van der Waals surface area contributed by atoms with E-state index in [-0.39, 0.29) is 17.1 Å². The molecule has 1 aliphatic heterocycles. The Kier molecular flexibility index (Phi) is 3.66. The number of rotatable bonds is 3. The minimum atomic E-state index is -0.217. The standard InChI is InChI=1S/C12H15N5OS2/c1-7(20-12-14-11(13)15-16-12)10(18)17-4-2-9-8(6-17)3-5-19-9/h3,5,7H,2,4,6H2,1H3,(H3,13,14,15,16)/t7-/m0/s1. The van der Waals surface area contributed by atoms with E-state index in [1.165, 1.54) is 22.2 Å². The molecular weight excluding hydrogens is 294 g/mol. The number of nitrogen functional groups attached to an aromatic ring is 1. The molecule has 3 rings (SSSR count). The third-order valence-electron chi connectivity index (χ3n) is 3.23. The average molecular weight is 309 g/mol. The molecule has 8 heteroatoms. The van der Waals surface area contributed by atoms with Crippen molar-refractivity contribution in [3.05, 3.63) is 21.9 Å². The molecule has 3 heterocycles. The van der Waals surface area contributed by atoms with E-state index in [0.29, 0.717) is 11.7 Å². The van der Waals surface area contributed by atoms with Gasteiger partial charge in [-0.05, 0) is 30.4 Å². The molecule has 0 saturated heterocycles. The SMILES string of the molecule is C[C@H](Sc1n[nH]c(N)n1)C(=O)N1CCc2sccc2C1. The van der Waals surface area contributed by atoms with Crippen LogP contribution in [0.2, 0.25) is 0 Å². The van der Waals surface area contributed by atoms with E-state index in [9.17, 15) is 4.79 Å². The van der Waals surface area contributed by atoms with Crippen molar-refractivity contribution < 1.29 is 4.79 Å². The van der Waals surface area contributed by atoms with Gasteiger partial charge in [-0.1, -0.05) is 11.8 Å². The summed E-state index contributed by atoms with van der Waals surface area (Å²) in [7, 11) is 0. The van der Waals surface area contributed by atoms with E-state index in [2.05, 4.69) is 26.6 Å². The number of nitrogens with zero attached hydrogens (tertiary/aromatic N) is 3. The van der Waals surface area contributed by atoms with E-state index >= 15 is 0 Å². The number of thioether (sulfide) groups is 1. The van der Waals surface area contributed by atoms with Crippen molar-refractivity contribution >= 4 is 35.0 Å². The smallest absolute Gasteiger partial charge is 0.236 e. The largest absolute Gasteiger partial charge is 0.368 e. The van der Waals surface area contributed by atoms with Gasteiger partial charge in [0.05, 0.1) is 5.25 Å². The number of anilines is 1. The number of aromatic nitrogens is 3. The Morgan fingerprint density at radius 1 is 1.65 bits per heavy atom. The minimum absolute atomic E-state index is 0.121. The molecule has 0 bridgehead atoms. The van der Waals surface area contributed by atoms with Crippen LogP contribution in [0.5, 0.6) is 0 Å². The van der Waals surface area contributed by atoms with Gasteiger partial charge in [-0.25, -0.2) is 5.10 Å². The maximum Gasteiger partial charge on any atom is 0.236 e. The molecule has 0 saturated carbocycles. The van der Waals surface area contributed by atoms with Crippen molar-refractivity contribution in [2.24, 2.45) is 0 Å². The summed E-state index contributed by atoms with van der Waals surface area (Å²) >= 11 is 3.10. The average Bonchev–Trinajstić information content (AvgIpc) is 3.05. The van der Waals surface area contributed by atoms with Crippen LogP contribution >= 0.6 is 23.1 Å². The predicted molar refractivity (Wildman–Crippen MR) is 79.6 cm³/mol. The number of H-pyrrole nitrogens is 1. The first-order chi connectivity index (χ1) is 9.63. The number of nitrogens with two attached hydrogens (primary N) is 1. The van der Waals surface area contributed by atoms with Crippen LogP contribution in [0.1, 0.15) is 17.4 Å². The Balaban J connectivity index is 1.64. The van der Waals surface area contributed by atoms with Crippen molar-refractivity contribution in [1.29, 1.82) is 0 Å². The summed E-state index contributed by atoms with van der Waals surface area (Å²) in [6.07, 6.45) is 0.948. The predicted octanol–water partition coefficient (Wildman–Crippen LogP) is 1.51. The van der Waals surface area contributed by atoms with Crippen LogP contribution in [0.3, 0.4) is 0 Å². The molecule has 1 atom stereocenters. The van der Waals surface area contributed by atoms with Crippen LogP contribution in [-0.2, 0) is 17.8 Å². The van der Waals surface area contributed by atoms with Gasteiger partial charge in [-0.3, -0.25) is 4.79 Å². The molecule has 2 aromatic rings. The lowest BCUT2D eigenvalue weighted by molar-refractivity contribution is -0.131. The van der Waals surface area contributed by atoms with Gasteiger partial charge in [0.1, 0.15) is 0 Å².